The predicted molar refractivity (Wildman–Crippen MR) is 594 cm³/mol. The van der Waals surface area contributed by atoms with Gasteiger partial charge in [0.1, 0.15) is 51.4 Å². The summed E-state index contributed by atoms with van der Waals surface area (Å²) in [4.78, 5) is 132. The molecule has 144 heavy (non-hydrogen) atoms. The molecule has 0 saturated carbocycles. The molecule has 5 fully saturated rings. The van der Waals surface area contributed by atoms with Gasteiger partial charge in [-0.25, -0.2) is 33.6 Å². The molecule has 5 aliphatic rings. The summed E-state index contributed by atoms with van der Waals surface area (Å²) in [6, 6.07) is 4.77. The van der Waals surface area contributed by atoms with Crippen LogP contribution >= 0.6 is 0 Å². The Kier molecular flexibility index (Phi) is 71.9. The second kappa shape index (κ2) is 72.1. The molecule has 5 heterocycles. The molecule has 1 atom stereocenters. The second-order valence-corrected chi connectivity index (χ2v) is 49.8. The maximum Gasteiger partial charge on any atom is 0.410 e. The molecule has 0 aromatic rings. The fourth-order valence-corrected chi connectivity index (χ4v) is 14.3. The average Bonchev–Trinajstić information content (AvgIpc) is 1.55. The molecular weight excluding hydrogens is 1830 g/mol. The summed E-state index contributed by atoms with van der Waals surface area (Å²) >= 11 is 0. The number of likely N-dealkylation sites (tertiary alicyclic amines) is 2. The number of carbonyl (C=O) groups excluding carboxylic acids is 9. The number of hydrogen-bond donors (Lipinski definition) is 3. The highest BCUT2D eigenvalue weighted by atomic mass is 16.6. The molecular formula is C111H228N16O17. The zero-order chi connectivity index (χ0) is 113. The standard InChI is InChI=1S/C14H27N3O3.C14H27NO2.C13H26N2O2.2C12H24N2O2.2C12H26N2O2.C12H25NO2.C10H23N/c1-11(2)16-6-8-17(9-7-16)12(18)10-15-13(19)20-14(3,4)5;1-11(2)10-12-6-8-15(9-7-12)13(16)17-14(3,4)5;1-10(2)15-8-7-11(9-15)14(6)12(16)17-13(3,4)5;2*1-10(2)13-6-8-14(9-7-13)11(15)16-12(3,4)5;2*1-10(2)14(6)9-7-8-13-11(15)16-12(3,4)5;1-10(2)13(6)9-7-8-11(14)15-12(3,4)5;1-5-6-7-8-9-11(4)10(2)3/h11H,6-10H2,1-5H3,(H,15,19);11-12H,6-10H2,1-5H3;10-11H,7-9H2,1-6H3;2*10H,6-9H2,1-5H3;2*10H,7-9H2,1-6H3,(H,13,15);10H,7-9H2,1-6H3;10H,5-9H2,1-4H3. The third kappa shape index (κ3) is 81.4. The quantitative estimate of drug-likeness (QED) is 0.0342. The number of hydrogen-bond acceptors (Lipinski definition) is 25. The number of esters is 1. The minimum absolute atomic E-state index is 0.00338. The van der Waals surface area contributed by atoms with E-state index >= 15 is 0 Å². The number of nitrogens with zero attached hydrogens (tertiary/aromatic N) is 13. The number of ether oxygens (including phenoxy) is 8. The predicted octanol–water partition coefficient (Wildman–Crippen LogP) is 20.8. The first kappa shape index (κ1) is 144. The number of nitrogens with one attached hydrogen (secondary N) is 3. The molecule has 0 aliphatic carbocycles. The van der Waals surface area contributed by atoms with Crippen LogP contribution in [0.1, 0.15) is 375 Å². The molecule has 0 aromatic carbocycles. The van der Waals surface area contributed by atoms with Gasteiger partial charge in [0, 0.05) is 186 Å². The summed E-state index contributed by atoms with van der Waals surface area (Å²) in [6.07, 6.45) is 11.4. The minimum atomic E-state index is -0.549. The van der Waals surface area contributed by atoms with Gasteiger partial charge in [0.15, 0.2) is 0 Å². The van der Waals surface area contributed by atoms with Crippen molar-refractivity contribution in [3.63, 3.8) is 0 Å². The largest absolute Gasteiger partial charge is 0.460 e. The van der Waals surface area contributed by atoms with Crippen LogP contribution in [0.5, 0.6) is 0 Å². The Morgan fingerprint density at radius 3 is 0.868 bits per heavy atom. The van der Waals surface area contributed by atoms with Gasteiger partial charge in [-0.15, -0.1) is 0 Å². The number of likely N-dealkylation sites (N-methyl/N-ethyl adjacent to an activating group) is 1. The van der Waals surface area contributed by atoms with E-state index in [9.17, 15) is 43.2 Å². The van der Waals surface area contributed by atoms with Gasteiger partial charge in [0.05, 0.1) is 0 Å². The summed E-state index contributed by atoms with van der Waals surface area (Å²) in [7, 11) is 10.3. The van der Waals surface area contributed by atoms with Crippen molar-refractivity contribution in [3.8, 4) is 0 Å². The highest BCUT2D eigenvalue weighted by Gasteiger charge is 2.35. The lowest BCUT2D eigenvalue weighted by atomic mass is 9.89. The number of piperidine rings is 1. The molecule has 0 bridgehead atoms. The van der Waals surface area contributed by atoms with Crippen LogP contribution in [0.15, 0.2) is 0 Å². The fraction of sp³-hybridized carbons (Fsp3) is 0.919. The Balaban J connectivity index is -0.000000768. The van der Waals surface area contributed by atoms with E-state index in [0.717, 1.165) is 162 Å². The first-order valence-corrected chi connectivity index (χ1v) is 54.7. The van der Waals surface area contributed by atoms with E-state index in [0.29, 0.717) is 80.9 Å². The summed E-state index contributed by atoms with van der Waals surface area (Å²) in [6.45, 7) is 106. The van der Waals surface area contributed by atoms with E-state index in [4.69, 9.17) is 37.9 Å². The van der Waals surface area contributed by atoms with Crippen molar-refractivity contribution in [3.05, 3.63) is 0 Å². The number of piperazine rings is 3. The van der Waals surface area contributed by atoms with Crippen LogP contribution in [0.2, 0.25) is 0 Å². The molecule has 0 spiro atoms. The van der Waals surface area contributed by atoms with Crippen molar-refractivity contribution in [1.29, 1.82) is 0 Å². The van der Waals surface area contributed by atoms with Crippen molar-refractivity contribution in [2.45, 2.75) is 474 Å². The number of unbranched alkanes of at least 4 members (excludes halogenated alkanes) is 3. The Hall–Kier alpha value is -6.49. The monoisotopic (exact) mass is 2060 g/mol. The molecule has 33 heteroatoms. The van der Waals surface area contributed by atoms with E-state index in [1.165, 1.54) is 38.6 Å². The van der Waals surface area contributed by atoms with Crippen molar-refractivity contribution < 1.29 is 81.0 Å². The van der Waals surface area contributed by atoms with Crippen molar-refractivity contribution in [2.75, 3.05) is 186 Å². The van der Waals surface area contributed by atoms with Gasteiger partial charge in [-0.2, -0.15) is 0 Å². The zero-order valence-electron chi connectivity index (χ0n) is 102. The van der Waals surface area contributed by atoms with E-state index in [1.54, 1.807) is 40.4 Å². The van der Waals surface area contributed by atoms with E-state index in [1.807, 2.05) is 157 Å². The number of carbonyl (C=O) groups is 9. The number of alkyl carbamates (subject to hydrolysis) is 3. The Morgan fingerprint density at radius 2 is 0.590 bits per heavy atom. The van der Waals surface area contributed by atoms with Crippen LogP contribution in [-0.2, 0) is 47.5 Å². The lowest BCUT2D eigenvalue weighted by Gasteiger charge is -2.37. The Labute approximate surface area is 882 Å². The van der Waals surface area contributed by atoms with Crippen LogP contribution < -0.4 is 16.0 Å². The average molecular weight is 2060 g/mol. The molecule has 1 unspecified atom stereocenters. The highest BCUT2D eigenvalue weighted by Crippen LogP contribution is 2.27. The van der Waals surface area contributed by atoms with E-state index < -0.39 is 39.7 Å². The minimum Gasteiger partial charge on any atom is -0.460 e. The summed E-state index contributed by atoms with van der Waals surface area (Å²) in [5.41, 5.74) is -3.33. The maximum absolute atomic E-state index is 12.0. The maximum atomic E-state index is 12.0. The van der Waals surface area contributed by atoms with Crippen LogP contribution in [0.4, 0.5) is 33.6 Å². The smallest absolute Gasteiger partial charge is 0.410 e. The molecule has 5 aliphatic heterocycles. The van der Waals surface area contributed by atoms with Gasteiger partial charge in [0.25, 0.3) is 0 Å². The molecule has 3 N–H and O–H groups in total. The van der Waals surface area contributed by atoms with E-state index in [-0.39, 0.29) is 72.2 Å². The molecule has 0 aromatic heterocycles. The normalized spacial score (nSPS) is 16.2. The fourth-order valence-electron chi connectivity index (χ4n) is 14.3. The van der Waals surface area contributed by atoms with Gasteiger partial charge < -0.3 is 97.9 Å². The number of amides is 8. The third-order valence-electron chi connectivity index (χ3n) is 23.7. The number of rotatable bonds is 30. The van der Waals surface area contributed by atoms with E-state index in [2.05, 4.69) is 215 Å². The van der Waals surface area contributed by atoms with Gasteiger partial charge in [-0.1, -0.05) is 40.0 Å². The van der Waals surface area contributed by atoms with Gasteiger partial charge >= 0.3 is 48.6 Å². The second-order valence-electron chi connectivity index (χ2n) is 49.8. The Morgan fingerprint density at radius 1 is 0.306 bits per heavy atom. The van der Waals surface area contributed by atoms with Crippen LogP contribution in [0.25, 0.3) is 0 Å². The first-order chi connectivity index (χ1) is 65.6. The first-order valence-electron chi connectivity index (χ1n) is 54.7. The molecule has 8 amide bonds. The van der Waals surface area contributed by atoms with Crippen molar-refractivity contribution in [1.82, 2.24) is 79.6 Å². The summed E-state index contributed by atoms with van der Waals surface area (Å²) in [5, 5.41) is 8.00. The molecule has 854 valence electrons. The third-order valence-corrected chi connectivity index (χ3v) is 23.7. The van der Waals surface area contributed by atoms with Gasteiger partial charge in [0.2, 0.25) is 5.91 Å². The summed E-state index contributed by atoms with van der Waals surface area (Å²) in [5.74, 6) is 1.39. The SMILES string of the molecule is CC(C)CC1CCN(C(=O)OC(C)(C)C)CC1.CC(C)N(C)CCCC(=O)OC(C)(C)C.CC(C)N(C)CCCNC(=O)OC(C)(C)C.CC(C)N(C)CCCNC(=O)OC(C)(C)C.CC(C)N1CCC(N(C)C(=O)OC(C)(C)C)C1.CC(C)N1CCN(C(=O)CNC(=O)OC(C)(C)C)CC1.CC(C)N1CCN(C(=O)OC(C)(C)C)CC1.CC(C)N1CCN(C(=O)OC(C)(C)C)CC1.CCCCCCN(C)C(C)C. The van der Waals surface area contributed by atoms with Crippen LogP contribution in [-0.4, -0.2) is 403 Å². The van der Waals surface area contributed by atoms with Crippen LogP contribution in [0.3, 0.4) is 0 Å². The zero-order valence-corrected chi connectivity index (χ0v) is 102. The van der Waals surface area contributed by atoms with Gasteiger partial charge in [-0.05, 0) is 395 Å². The van der Waals surface area contributed by atoms with Crippen molar-refractivity contribution in [2.24, 2.45) is 11.8 Å². The van der Waals surface area contributed by atoms with Crippen molar-refractivity contribution >= 4 is 54.5 Å². The van der Waals surface area contributed by atoms with Gasteiger partial charge in [-0.3, -0.25) is 29.2 Å². The Bertz CT molecular complexity index is 3310. The molecule has 0 radical (unpaired) electrons. The lowest BCUT2D eigenvalue weighted by molar-refractivity contribution is -0.155. The summed E-state index contributed by atoms with van der Waals surface area (Å²) < 4.78 is 42.0. The lowest BCUT2D eigenvalue weighted by Crippen LogP contribution is -2.52. The van der Waals surface area contributed by atoms with Crippen LogP contribution in [0, 0.1) is 11.8 Å². The molecule has 5 saturated heterocycles. The molecule has 33 nitrogen and oxygen atoms in total. The highest BCUT2D eigenvalue weighted by molar-refractivity contribution is 5.82. The topological polar surface area (TPSA) is 306 Å². The molecule has 5 rings (SSSR count).